The van der Waals surface area contributed by atoms with E-state index < -0.39 is 6.10 Å². The molecule has 0 saturated carbocycles. The molecule has 1 amide bonds. The zero-order chi connectivity index (χ0) is 18.9. The second-order valence-corrected chi connectivity index (χ2v) is 6.61. The topological polar surface area (TPSA) is 63.7 Å². The summed E-state index contributed by atoms with van der Waals surface area (Å²) in [6, 6.07) is 14.0. The molecule has 1 aromatic carbocycles. The number of ether oxygens (including phenoxy) is 2. The number of hydrogen-bond donors (Lipinski definition) is 1. The summed E-state index contributed by atoms with van der Waals surface area (Å²) in [4.78, 5) is 19.1. The molecule has 0 radical (unpaired) electrons. The fourth-order valence-corrected chi connectivity index (χ4v) is 3.03. The molecule has 1 aliphatic rings. The molecule has 0 aliphatic carbocycles. The first-order valence-electron chi connectivity index (χ1n) is 9.48. The normalized spacial score (nSPS) is 17.4. The number of hydrogen-bond acceptors (Lipinski definition) is 5. The van der Waals surface area contributed by atoms with E-state index in [4.69, 9.17) is 9.47 Å². The van der Waals surface area contributed by atoms with E-state index in [2.05, 4.69) is 27.3 Å². The molecule has 27 heavy (non-hydrogen) atoms. The highest BCUT2D eigenvalue weighted by atomic mass is 16.5. The number of rotatable bonds is 8. The Kier molecular flexibility index (Phi) is 7.19. The second kappa shape index (κ2) is 10.0. The molecule has 1 unspecified atom stereocenters. The Labute approximate surface area is 160 Å². The minimum absolute atomic E-state index is 0.0990. The largest absolute Gasteiger partial charge is 0.477 e. The van der Waals surface area contributed by atoms with E-state index in [1.807, 2.05) is 37.3 Å². The van der Waals surface area contributed by atoms with E-state index in [9.17, 15) is 4.79 Å². The van der Waals surface area contributed by atoms with Gasteiger partial charge in [0.25, 0.3) is 5.91 Å². The van der Waals surface area contributed by atoms with Gasteiger partial charge in [0.1, 0.15) is 6.10 Å². The van der Waals surface area contributed by atoms with Gasteiger partial charge in [0.2, 0.25) is 5.88 Å². The summed E-state index contributed by atoms with van der Waals surface area (Å²) in [5.74, 6) is 0.480. The van der Waals surface area contributed by atoms with E-state index in [1.54, 1.807) is 6.20 Å². The molecule has 6 heteroatoms. The van der Waals surface area contributed by atoms with Gasteiger partial charge in [0, 0.05) is 37.9 Å². The third kappa shape index (κ3) is 5.77. The van der Waals surface area contributed by atoms with Gasteiger partial charge in [-0.25, -0.2) is 4.98 Å². The highest BCUT2D eigenvalue weighted by Gasteiger charge is 2.26. The lowest BCUT2D eigenvalue weighted by Gasteiger charge is -2.32. The van der Waals surface area contributed by atoms with Gasteiger partial charge in [-0.05, 0) is 18.1 Å². The molecule has 2 aromatic rings. The highest BCUT2D eigenvalue weighted by Crippen LogP contribution is 2.15. The molecule has 0 spiro atoms. The third-order valence-corrected chi connectivity index (χ3v) is 4.44. The van der Waals surface area contributed by atoms with Crippen LogP contribution < -0.4 is 10.1 Å². The van der Waals surface area contributed by atoms with Gasteiger partial charge < -0.3 is 14.8 Å². The first-order valence-corrected chi connectivity index (χ1v) is 9.48. The SMILES string of the molecule is CCCOc1ncccc1CNC(=O)C1CN(Cc2ccccc2)CCO1. The zero-order valence-corrected chi connectivity index (χ0v) is 15.8. The summed E-state index contributed by atoms with van der Waals surface area (Å²) >= 11 is 0. The minimum atomic E-state index is -0.459. The van der Waals surface area contributed by atoms with Crippen LogP contribution in [0.5, 0.6) is 5.88 Å². The minimum Gasteiger partial charge on any atom is -0.477 e. The smallest absolute Gasteiger partial charge is 0.250 e. The van der Waals surface area contributed by atoms with Crippen molar-refractivity contribution in [1.29, 1.82) is 0 Å². The third-order valence-electron chi connectivity index (χ3n) is 4.44. The first-order chi connectivity index (χ1) is 13.3. The van der Waals surface area contributed by atoms with Crippen LogP contribution in [0.4, 0.5) is 0 Å². The summed E-state index contributed by atoms with van der Waals surface area (Å²) in [6.07, 6.45) is 2.15. The number of morpholine rings is 1. The number of carbonyl (C=O) groups is 1. The number of amides is 1. The van der Waals surface area contributed by atoms with Crippen LogP contribution in [0.15, 0.2) is 48.7 Å². The maximum absolute atomic E-state index is 12.6. The van der Waals surface area contributed by atoms with Crippen LogP contribution >= 0.6 is 0 Å². The fourth-order valence-electron chi connectivity index (χ4n) is 3.03. The summed E-state index contributed by atoms with van der Waals surface area (Å²) in [5, 5.41) is 2.96. The number of benzene rings is 1. The second-order valence-electron chi connectivity index (χ2n) is 6.61. The Morgan fingerprint density at radius 3 is 2.96 bits per heavy atom. The molecule has 144 valence electrons. The molecule has 1 fully saturated rings. The maximum atomic E-state index is 12.6. The summed E-state index contributed by atoms with van der Waals surface area (Å²) in [6.45, 7) is 5.84. The van der Waals surface area contributed by atoms with Crippen molar-refractivity contribution in [2.75, 3.05) is 26.3 Å². The average molecular weight is 369 g/mol. The van der Waals surface area contributed by atoms with Crippen molar-refractivity contribution in [3.8, 4) is 5.88 Å². The molecule has 6 nitrogen and oxygen atoms in total. The van der Waals surface area contributed by atoms with E-state index >= 15 is 0 Å². The lowest BCUT2D eigenvalue weighted by atomic mass is 10.2. The quantitative estimate of drug-likeness (QED) is 0.774. The van der Waals surface area contributed by atoms with Crippen LogP contribution in [-0.4, -0.2) is 48.2 Å². The molecule has 2 heterocycles. The molecular weight excluding hydrogens is 342 g/mol. The average Bonchev–Trinajstić information content (AvgIpc) is 2.72. The van der Waals surface area contributed by atoms with Crippen LogP contribution in [0.2, 0.25) is 0 Å². The number of carbonyl (C=O) groups excluding carboxylic acids is 1. The van der Waals surface area contributed by atoms with Gasteiger partial charge in [-0.15, -0.1) is 0 Å². The Morgan fingerprint density at radius 2 is 2.15 bits per heavy atom. The highest BCUT2D eigenvalue weighted by molar-refractivity contribution is 5.81. The lowest BCUT2D eigenvalue weighted by Crippen LogP contribution is -2.49. The van der Waals surface area contributed by atoms with Gasteiger partial charge in [-0.1, -0.05) is 43.3 Å². The van der Waals surface area contributed by atoms with Crippen molar-refractivity contribution in [2.24, 2.45) is 0 Å². The Hall–Kier alpha value is -2.44. The summed E-state index contributed by atoms with van der Waals surface area (Å²) < 4.78 is 11.3. The molecule has 1 aliphatic heterocycles. The van der Waals surface area contributed by atoms with E-state index in [0.29, 0.717) is 32.2 Å². The molecule has 1 N–H and O–H groups in total. The van der Waals surface area contributed by atoms with Crippen LogP contribution in [0.1, 0.15) is 24.5 Å². The van der Waals surface area contributed by atoms with Crippen molar-refractivity contribution < 1.29 is 14.3 Å². The predicted molar refractivity (Wildman–Crippen MR) is 103 cm³/mol. The van der Waals surface area contributed by atoms with Crippen molar-refractivity contribution in [3.63, 3.8) is 0 Å². The molecule has 1 atom stereocenters. The lowest BCUT2D eigenvalue weighted by molar-refractivity contribution is -0.139. The van der Waals surface area contributed by atoms with Gasteiger partial charge in [-0.2, -0.15) is 0 Å². The van der Waals surface area contributed by atoms with Gasteiger partial charge in [-0.3, -0.25) is 9.69 Å². The zero-order valence-electron chi connectivity index (χ0n) is 15.8. The monoisotopic (exact) mass is 369 g/mol. The number of aromatic nitrogens is 1. The van der Waals surface area contributed by atoms with Crippen molar-refractivity contribution in [2.45, 2.75) is 32.5 Å². The number of nitrogens with one attached hydrogen (secondary N) is 1. The molecule has 1 saturated heterocycles. The number of pyridine rings is 1. The molecular formula is C21H27N3O3. The molecule has 0 bridgehead atoms. The van der Waals surface area contributed by atoms with Crippen LogP contribution in [-0.2, 0) is 22.6 Å². The van der Waals surface area contributed by atoms with Crippen molar-refractivity contribution in [1.82, 2.24) is 15.2 Å². The van der Waals surface area contributed by atoms with Crippen LogP contribution in [0.25, 0.3) is 0 Å². The van der Waals surface area contributed by atoms with Crippen LogP contribution in [0, 0.1) is 0 Å². The van der Waals surface area contributed by atoms with Gasteiger partial charge in [0.05, 0.1) is 13.2 Å². The maximum Gasteiger partial charge on any atom is 0.250 e. The standard InChI is InChI=1S/C21H27N3O3/c1-2-12-27-21-18(9-6-10-22-21)14-23-20(25)19-16-24(11-13-26-19)15-17-7-4-3-5-8-17/h3-10,19H,2,11-16H2,1H3,(H,23,25). The van der Waals surface area contributed by atoms with E-state index in [-0.39, 0.29) is 5.91 Å². The summed E-state index contributed by atoms with van der Waals surface area (Å²) in [5.41, 5.74) is 2.11. The van der Waals surface area contributed by atoms with Crippen LogP contribution in [0.3, 0.4) is 0 Å². The Morgan fingerprint density at radius 1 is 1.30 bits per heavy atom. The van der Waals surface area contributed by atoms with E-state index in [1.165, 1.54) is 5.56 Å². The molecule has 1 aromatic heterocycles. The van der Waals surface area contributed by atoms with Gasteiger partial charge >= 0.3 is 0 Å². The molecule has 3 rings (SSSR count). The predicted octanol–water partition coefficient (Wildman–Crippen LogP) is 2.39. The van der Waals surface area contributed by atoms with Crippen molar-refractivity contribution >= 4 is 5.91 Å². The Balaban J connectivity index is 1.52. The number of nitrogens with zero attached hydrogens (tertiary/aromatic N) is 2. The van der Waals surface area contributed by atoms with E-state index in [0.717, 1.165) is 25.1 Å². The first kappa shape index (κ1) is 19.3. The van der Waals surface area contributed by atoms with Gasteiger partial charge in [0.15, 0.2) is 0 Å². The van der Waals surface area contributed by atoms with Crippen molar-refractivity contribution in [3.05, 3.63) is 59.8 Å². The summed E-state index contributed by atoms with van der Waals surface area (Å²) in [7, 11) is 0. The fraction of sp³-hybridized carbons (Fsp3) is 0.429. The Bertz CT molecular complexity index is 724.